The van der Waals surface area contributed by atoms with Gasteiger partial charge in [0.25, 0.3) is 0 Å². The summed E-state index contributed by atoms with van der Waals surface area (Å²) < 4.78 is 0. The fourth-order valence-corrected chi connectivity index (χ4v) is 10.6. The summed E-state index contributed by atoms with van der Waals surface area (Å²) in [6.45, 7) is 0. The zero-order chi connectivity index (χ0) is 41.0. The summed E-state index contributed by atoms with van der Waals surface area (Å²) in [4.78, 5) is 23.1. The van der Waals surface area contributed by atoms with E-state index < -0.39 is 5.41 Å². The third kappa shape index (κ3) is 5.93. The summed E-state index contributed by atoms with van der Waals surface area (Å²) in [6.07, 6.45) is 0. The summed E-state index contributed by atoms with van der Waals surface area (Å²) in [7, 11) is 0. The summed E-state index contributed by atoms with van der Waals surface area (Å²) in [5.74, 6) is 1.41. The van der Waals surface area contributed by atoms with Gasteiger partial charge in [-0.25, -0.2) is 19.9 Å². The number of benzene rings is 8. The lowest BCUT2D eigenvalue weighted by atomic mass is 9.67. The molecule has 0 radical (unpaired) electrons. The Balaban J connectivity index is 1.07. The standard InChI is InChI=1S/C57H36N4S/c1-5-17-37(18-6-1)49-35-51(60-55(58-49)39-21-9-3-10-22-39)41-29-31-44-43-25-13-14-26-45(43)57(48(44)33-41)46-27-15-16-28-53(46)62-54-34-42(30-32-47(54)57)52-36-50(38-19-7-2-8-20-38)59-56(61-52)40-23-11-4-12-24-40/h1-36H. The quantitative estimate of drug-likeness (QED) is 0.167. The second-order valence-corrected chi connectivity index (χ2v) is 16.8. The minimum absolute atomic E-state index is 0.578. The highest BCUT2D eigenvalue weighted by Gasteiger charge is 2.50. The predicted molar refractivity (Wildman–Crippen MR) is 252 cm³/mol. The second kappa shape index (κ2) is 14.8. The molecule has 3 heterocycles. The van der Waals surface area contributed by atoms with E-state index in [1.165, 1.54) is 43.2 Å². The van der Waals surface area contributed by atoms with Crippen molar-refractivity contribution in [3.8, 4) is 78.9 Å². The summed E-state index contributed by atoms with van der Waals surface area (Å²) in [5, 5.41) is 0. The smallest absolute Gasteiger partial charge is 0.160 e. The molecule has 0 saturated heterocycles. The first-order chi connectivity index (χ1) is 30.7. The van der Waals surface area contributed by atoms with E-state index in [-0.39, 0.29) is 0 Å². The molecule has 0 N–H and O–H groups in total. The fraction of sp³-hybridized carbons (Fsp3) is 0.0175. The number of rotatable bonds is 6. The molecule has 2 aromatic heterocycles. The molecule has 0 fully saturated rings. The van der Waals surface area contributed by atoms with Gasteiger partial charge in [-0.3, -0.25) is 0 Å². The number of nitrogens with zero attached hydrogens (tertiary/aromatic N) is 4. The zero-order valence-corrected chi connectivity index (χ0v) is 34.3. The Morgan fingerprint density at radius 2 is 0.694 bits per heavy atom. The lowest BCUT2D eigenvalue weighted by Crippen LogP contribution is -2.32. The van der Waals surface area contributed by atoms with Gasteiger partial charge in [0.1, 0.15) is 0 Å². The van der Waals surface area contributed by atoms with Gasteiger partial charge in [-0.05, 0) is 63.7 Å². The van der Waals surface area contributed by atoms with Gasteiger partial charge in [0.15, 0.2) is 11.6 Å². The van der Waals surface area contributed by atoms with Crippen molar-refractivity contribution in [2.75, 3.05) is 0 Å². The van der Waals surface area contributed by atoms with Crippen molar-refractivity contribution in [2.24, 2.45) is 0 Å². The summed E-state index contributed by atoms with van der Waals surface area (Å²) in [6, 6.07) is 77.4. The van der Waals surface area contributed by atoms with Gasteiger partial charge < -0.3 is 0 Å². The molecule has 1 aliphatic heterocycles. The maximum atomic E-state index is 5.27. The molecular weight excluding hydrogens is 773 g/mol. The second-order valence-electron chi connectivity index (χ2n) is 15.8. The van der Waals surface area contributed by atoms with E-state index in [4.69, 9.17) is 19.9 Å². The summed E-state index contributed by atoms with van der Waals surface area (Å²) in [5.41, 5.74) is 16.7. The van der Waals surface area contributed by atoms with Gasteiger partial charge in [-0.15, -0.1) is 0 Å². The van der Waals surface area contributed by atoms with E-state index in [0.717, 1.165) is 56.2 Å². The summed E-state index contributed by atoms with van der Waals surface area (Å²) >= 11 is 1.84. The van der Waals surface area contributed by atoms with Crippen LogP contribution in [0.2, 0.25) is 0 Å². The van der Waals surface area contributed by atoms with Gasteiger partial charge in [-0.1, -0.05) is 200 Å². The zero-order valence-electron chi connectivity index (χ0n) is 33.5. The highest BCUT2D eigenvalue weighted by molar-refractivity contribution is 7.99. The van der Waals surface area contributed by atoms with Crippen LogP contribution in [0.3, 0.4) is 0 Å². The van der Waals surface area contributed by atoms with E-state index in [2.05, 4.69) is 170 Å². The Morgan fingerprint density at radius 1 is 0.274 bits per heavy atom. The molecule has 1 unspecified atom stereocenters. The van der Waals surface area contributed by atoms with E-state index in [1.54, 1.807) is 0 Å². The largest absolute Gasteiger partial charge is 0.228 e. The van der Waals surface area contributed by atoms with Crippen LogP contribution < -0.4 is 0 Å². The monoisotopic (exact) mass is 808 g/mol. The van der Waals surface area contributed by atoms with Crippen molar-refractivity contribution in [3.63, 3.8) is 0 Å². The van der Waals surface area contributed by atoms with Gasteiger partial charge in [0.05, 0.1) is 28.2 Å². The molecule has 5 heteroatoms. The first-order valence-electron chi connectivity index (χ1n) is 20.9. The van der Waals surface area contributed by atoms with Crippen LogP contribution >= 0.6 is 11.8 Å². The van der Waals surface area contributed by atoms with E-state index in [9.17, 15) is 0 Å². The fourth-order valence-electron chi connectivity index (χ4n) is 9.36. The van der Waals surface area contributed by atoms with Crippen molar-refractivity contribution < 1.29 is 0 Å². The van der Waals surface area contributed by atoms with Gasteiger partial charge in [0, 0.05) is 43.2 Å². The first-order valence-corrected chi connectivity index (χ1v) is 21.7. The van der Waals surface area contributed by atoms with Crippen molar-refractivity contribution in [3.05, 3.63) is 241 Å². The average molecular weight is 809 g/mol. The van der Waals surface area contributed by atoms with Crippen LogP contribution in [0, 0.1) is 0 Å². The Bertz CT molecular complexity index is 3200. The van der Waals surface area contributed by atoms with Crippen molar-refractivity contribution in [2.45, 2.75) is 15.2 Å². The minimum Gasteiger partial charge on any atom is -0.228 e. The average Bonchev–Trinajstić information content (AvgIpc) is 3.64. The topological polar surface area (TPSA) is 51.6 Å². The third-order valence-corrected chi connectivity index (χ3v) is 13.3. The van der Waals surface area contributed by atoms with Crippen LogP contribution in [0.5, 0.6) is 0 Å². The van der Waals surface area contributed by atoms with E-state index in [1.807, 2.05) is 60.3 Å². The Labute approximate surface area is 364 Å². The molecule has 0 amide bonds. The molecule has 4 nitrogen and oxygen atoms in total. The molecule has 10 aromatic rings. The van der Waals surface area contributed by atoms with Gasteiger partial charge >= 0.3 is 0 Å². The first kappa shape index (κ1) is 36.1. The van der Waals surface area contributed by atoms with Crippen LogP contribution in [-0.2, 0) is 5.41 Å². The predicted octanol–water partition coefficient (Wildman–Crippen LogP) is 14.1. The molecule has 12 rings (SSSR count). The minimum atomic E-state index is -0.578. The van der Waals surface area contributed by atoms with Crippen LogP contribution in [0.15, 0.2) is 228 Å². The molecule has 1 aliphatic carbocycles. The van der Waals surface area contributed by atoms with Crippen LogP contribution in [-0.4, -0.2) is 19.9 Å². The van der Waals surface area contributed by atoms with Crippen LogP contribution in [0.25, 0.3) is 78.9 Å². The molecular formula is C57H36N4S. The maximum Gasteiger partial charge on any atom is 0.160 e. The molecule has 62 heavy (non-hydrogen) atoms. The number of aromatic nitrogens is 4. The van der Waals surface area contributed by atoms with Gasteiger partial charge in [-0.2, -0.15) is 0 Å². The van der Waals surface area contributed by atoms with E-state index >= 15 is 0 Å². The van der Waals surface area contributed by atoms with Crippen LogP contribution in [0.4, 0.5) is 0 Å². The molecule has 1 spiro atoms. The SMILES string of the molecule is c1ccc(-c2cc(-c3ccc4c(c3)Sc3ccccc3C43c4ccccc4-c4ccc(-c5cc(-c6ccccc6)nc(-c6ccccc6)n5)cc43)nc(-c3ccccc3)n2)cc1. The number of fused-ring (bicyclic) bond motifs is 9. The van der Waals surface area contributed by atoms with Crippen molar-refractivity contribution >= 4 is 11.8 Å². The van der Waals surface area contributed by atoms with E-state index in [0.29, 0.717) is 11.6 Å². The lowest BCUT2D eigenvalue weighted by Gasteiger charge is -2.40. The Kier molecular flexibility index (Phi) is 8.61. The molecule has 290 valence electrons. The van der Waals surface area contributed by atoms with Crippen molar-refractivity contribution in [1.82, 2.24) is 19.9 Å². The Hall–Kier alpha value is -7.73. The lowest BCUT2D eigenvalue weighted by molar-refractivity contribution is 0.723. The van der Waals surface area contributed by atoms with Gasteiger partial charge in [0.2, 0.25) is 0 Å². The molecule has 0 bridgehead atoms. The molecule has 8 aromatic carbocycles. The highest BCUT2D eigenvalue weighted by Crippen LogP contribution is 2.62. The molecule has 1 atom stereocenters. The number of hydrogen-bond acceptors (Lipinski definition) is 5. The third-order valence-electron chi connectivity index (χ3n) is 12.2. The normalized spacial score (nSPS) is 14.5. The van der Waals surface area contributed by atoms with Crippen LogP contribution in [0.1, 0.15) is 22.3 Å². The maximum absolute atomic E-state index is 5.27. The Morgan fingerprint density at radius 3 is 1.27 bits per heavy atom. The highest BCUT2D eigenvalue weighted by atomic mass is 32.2. The molecule has 2 aliphatic rings. The van der Waals surface area contributed by atoms with Crippen molar-refractivity contribution in [1.29, 1.82) is 0 Å². The number of hydrogen-bond donors (Lipinski definition) is 0. The molecule has 0 saturated carbocycles.